The number of halogens is 2. The zero-order valence-corrected chi connectivity index (χ0v) is 12.4. The lowest BCUT2D eigenvalue weighted by Gasteiger charge is -2.04. The molecule has 0 spiro atoms. The maximum Gasteiger partial charge on any atom is 0.288 e. The number of benzene rings is 1. The number of nitrogens with zero attached hydrogens (tertiary/aromatic N) is 1. The van der Waals surface area contributed by atoms with E-state index in [9.17, 15) is 14.9 Å². The first kappa shape index (κ1) is 14.0. The molecule has 0 atom stereocenters. The van der Waals surface area contributed by atoms with Crippen LogP contribution in [0.5, 0.6) is 0 Å². The van der Waals surface area contributed by atoms with Gasteiger partial charge in [0.25, 0.3) is 11.6 Å². The fraction of sp³-hybridized carbons (Fsp3) is 0. The van der Waals surface area contributed by atoms with Gasteiger partial charge in [0.1, 0.15) is 5.02 Å². The summed E-state index contributed by atoms with van der Waals surface area (Å²) in [6.07, 6.45) is 0. The molecule has 0 unspecified atom stereocenters. The van der Waals surface area contributed by atoms with Gasteiger partial charge in [0.05, 0.1) is 13.6 Å². The van der Waals surface area contributed by atoms with Gasteiger partial charge in [-0.05, 0) is 40.2 Å². The van der Waals surface area contributed by atoms with E-state index in [0.29, 0.717) is 10.6 Å². The van der Waals surface area contributed by atoms with Crippen molar-refractivity contribution in [3.63, 3.8) is 0 Å². The van der Waals surface area contributed by atoms with Crippen LogP contribution < -0.4 is 5.32 Å². The van der Waals surface area contributed by atoms with Gasteiger partial charge in [-0.3, -0.25) is 14.9 Å². The van der Waals surface area contributed by atoms with Crippen molar-refractivity contribution >= 4 is 56.1 Å². The highest BCUT2D eigenvalue weighted by Gasteiger charge is 2.14. The molecule has 0 saturated carbocycles. The third-order valence-corrected chi connectivity index (χ3v) is 4.12. The summed E-state index contributed by atoms with van der Waals surface area (Å²) in [5.74, 6) is -0.291. The number of hydrogen-bond donors (Lipinski definition) is 1. The molecule has 0 radical (unpaired) electrons. The minimum absolute atomic E-state index is 0.0184. The Morgan fingerprint density at radius 3 is 2.63 bits per heavy atom. The van der Waals surface area contributed by atoms with E-state index >= 15 is 0 Å². The van der Waals surface area contributed by atoms with Crippen LogP contribution in [0.2, 0.25) is 5.02 Å². The second kappa shape index (κ2) is 5.68. The number of anilines is 1. The van der Waals surface area contributed by atoms with Gasteiger partial charge in [-0.1, -0.05) is 11.6 Å². The number of rotatable bonds is 3. The number of carbonyl (C=O) groups excluding carboxylic acids is 1. The predicted molar refractivity (Wildman–Crippen MR) is 78.1 cm³/mol. The van der Waals surface area contributed by atoms with Crippen molar-refractivity contribution in [2.24, 2.45) is 0 Å². The lowest BCUT2D eigenvalue weighted by Crippen LogP contribution is -2.10. The Labute approximate surface area is 125 Å². The van der Waals surface area contributed by atoms with E-state index in [1.165, 1.54) is 29.5 Å². The molecule has 1 amide bonds. The van der Waals surface area contributed by atoms with Crippen LogP contribution in [0.1, 0.15) is 9.67 Å². The summed E-state index contributed by atoms with van der Waals surface area (Å²) in [5.41, 5.74) is 0.212. The average Bonchev–Trinajstić information content (AvgIpc) is 2.75. The van der Waals surface area contributed by atoms with Crippen LogP contribution in [-0.4, -0.2) is 10.8 Å². The maximum atomic E-state index is 11.9. The molecule has 0 saturated heterocycles. The molecule has 98 valence electrons. The van der Waals surface area contributed by atoms with Gasteiger partial charge in [-0.25, -0.2) is 0 Å². The molecular weight excluding hydrogens is 356 g/mol. The molecule has 0 bridgehead atoms. The highest BCUT2D eigenvalue weighted by atomic mass is 79.9. The van der Waals surface area contributed by atoms with Crippen LogP contribution in [0.4, 0.5) is 11.4 Å². The van der Waals surface area contributed by atoms with E-state index in [-0.39, 0.29) is 16.6 Å². The number of nitro groups is 1. The van der Waals surface area contributed by atoms with Crippen molar-refractivity contribution in [2.45, 2.75) is 0 Å². The number of hydrogen-bond acceptors (Lipinski definition) is 4. The third-order valence-electron chi connectivity index (χ3n) is 2.20. The Morgan fingerprint density at radius 1 is 1.37 bits per heavy atom. The van der Waals surface area contributed by atoms with Crippen molar-refractivity contribution < 1.29 is 9.72 Å². The monoisotopic (exact) mass is 360 g/mol. The fourth-order valence-electron chi connectivity index (χ4n) is 1.36. The van der Waals surface area contributed by atoms with Crippen LogP contribution in [0, 0.1) is 10.1 Å². The van der Waals surface area contributed by atoms with Gasteiger partial charge in [0.2, 0.25) is 0 Å². The molecule has 0 aliphatic rings. The lowest BCUT2D eigenvalue weighted by molar-refractivity contribution is -0.384. The van der Waals surface area contributed by atoms with E-state index in [4.69, 9.17) is 11.6 Å². The summed E-state index contributed by atoms with van der Waals surface area (Å²) in [5, 5.41) is 13.2. The summed E-state index contributed by atoms with van der Waals surface area (Å²) in [6.45, 7) is 0. The largest absolute Gasteiger partial charge is 0.321 e. The molecule has 1 heterocycles. The molecule has 0 aliphatic heterocycles. The Bertz CT molecular complexity index is 659. The first-order valence-corrected chi connectivity index (χ1v) is 6.97. The molecule has 1 aromatic heterocycles. The van der Waals surface area contributed by atoms with Gasteiger partial charge >= 0.3 is 0 Å². The van der Waals surface area contributed by atoms with Gasteiger partial charge in [0, 0.05) is 11.8 Å². The number of nitrogens with one attached hydrogen (secondary N) is 1. The molecular formula is C11H6BrClN2O3S. The van der Waals surface area contributed by atoms with Crippen LogP contribution in [-0.2, 0) is 0 Å². The molecule has 2 aromatic rings. The second-order valence-corrected chi connectivity index (χ2v) is 6.35. The molecule has 1 N–H and O–H groups in total. The molecule has 8 heteroatoms. The smallest absolute Gasteiger partial charge is 0.288 e. The zero-order chi connectivity index (χ0) is 14.0. The molecule has 1 aromatic carbocycles. The van der Waals surface area contributed by atoms with Gasteiger partial charge in [-0.15, -0.1) is 11.3 Å². The average molecular weight is 362 g/mol. The van der Waals surface area contributed by atoms with Crippen molar-refractivity contribution in [1.29, 1.82) is 0 Å². The van der Waals surface area contributed by atoms with Gasteiger partial charge < -0.3 is 5.32 Å². The maximum absolute atomic E-state index is 11.9. The fourth-order valence-corrected chi connectivity index (χ4v) is 2.89. The first-order chi connectivity index (χ1) is 8.97. The quantitative estimate of drug-likeness (QED) is 0.653. The SMILES string of the molecule is O=C(Nc1ccc([N+](=O)[O-])c(Cl)c1)c1ccc(Br)s1. The first-order valence-electron chi connectivity index (χ1n) is 4.98. The topological polar surface area (TPSA) is 72.2 Å². The molecule has 0 fully saturated rings. The Kier molecular flexibility index (Phi) is 4.18. The van der Waals surface area contributed by atoms with Crippen LogP contribution in [0.3, 0.4) is 0 Å². The summed E-state index contributed by atoms with van der Waals surface area (Å²) in [4.78, 5) is 22.4. The van der Waals surface area contributed by atoms with E-state index in [2.05, 4.69) is 21.2 Å². The minimum Gasteiger partial charge on any atom is -0.321 e. The summed E-state index contributed by atoms with van der Waals surface area (Å²) in [7, 11) is 0. The summed E-state index contributed by atoms with van der Waals surface area (Å²) in [6, 6.07) is 7.48. The highest BCUT2D eigenvalue weighted by Crippen LogP contribution is 2.28. The number of nitro benzene ring substituents is 1. The van der Waals surface area contributed by atoms with Crippen LogP contribution in [0.25, 0.3) is 0 Å². The second-order valence-electron chi connectivity index (χ2n) is 3.48. The van der Waals surface area contributed by atoms with Crippen molar-refractivity contribution in [3.05, 3.63) is 54.1 Å². The molecule has 2 rings (SSSR count). The summed E-state index contributed by atoms with van der Waals surface area (Å²) >= 11 is 10.3. The number of amides is 1. The Hall–Kier alpha value is -1.44. The minimum atomic E-state index is -0.579. The van der Waals surface area contributed by atoms with E-state index < -0.39 is 4.92 Å². The van der Waals surface area contributed by atoms with Crippen LogP contribution >= 0.6 is 38.9 Å². The van der Waals surface area contributed by atoms with Crippen molar-refractivity contribution in [1.82, 2.24) is 0 Å². The van der Waals surface area contributed by atoms with Crippen molar-refractivity contribution in [3.8, 4) is 0 Å². The zero-order valence-electron chi connectivity index (χ0n) is 9.22. The van der Waals surface area contributed by atoms with E-state index in [1.54, 1.807) is 12.1 Å². The lowest BCUT2D eigenvalue weighted by atomic mass is 10.2. The predicted octanol–water partition coefficient (Wildman–Crippen LogP) is 4.32. The van der Waals surface area contributed by atoms with Crippen LogP contribution in [0.15, 0.2) is 34.1 Å². The van der Waals surface area contributed by atoms with Gasteiger partial charge in [0.15, 0.2) is 0 Å². The standard InChI is InChI=1S/C11H6BrClN2O3S/c12-10-4-3-9(19-10)11(16)14-6-1-2-8(15(17)18)7(13)5-6/h1-5H,(H,14,16). The number of thiophene rings is 1. The summed E-state index contributed by atoms with van der Waals surface area (Å²) < 4.78 is 0.847. The van der Waals surface area contributed by atoms with E-state index in [1.807, 2.05) is 0 Å². The third kappa shape index (κ3) is 3.31. The Morgan fingerprint density at radius 2 is 2.11 bits per heavy atom. The molecule has 0 aliphatic carbocycles. The van der Waals surface area contributed by atoms with Crippen molar-refractivity contribution in [2.75, 3.05) is 5.32 Å². The van der Waals surface area contributed by atoms with Gasteiger partial charge in [-0.2, -0.15) is 0 Å². The molecule has 19 heavy (non-hydrogen) atoms. The molecule has 5 nitrogen and oxygen atoms in total. The van der Waals surface area contributed by atoms with E-state index in [0.717, 1.165) is 3.79 Å². The Balaban J connectivity index is 2.18. The highest BCUT2D eigenvalue weighted by molar-refractivity contribution is 9.11. The number of carbonyl (C=O) groups is 1. The normalized spacial score (nSPS) is 10.2.